The van der Waals surface area contributed by atoms with Crippen LogP contribution in [0.5, 0.6) is 5.75 Å². The largest absolute Gasteiger partial charge is 0.489 e. The van der Waals surface area contributed by atoms with Crippen molar-refractivity contribution in [3.8, 4) is 5.75 Å². The van der Waals surface area contributed by atoms with Gasteiger partial charge in [-0.05, 0) is 36.2 Å². The molecule has 0 aliphatic heterocycles. The predicted octanol–water partition coefficient (Wildman–Crippen LogP) is 4.11. The van der Waals surface area contributed by atoms with Crippen LogP contribution in [0.1, 0.15) is 16.7 Å². The Kier molecular flexibility index (Phi) is 6.16. The maximum absolute atomic E-state index is 5.93. The first-order valence-electron chi connectivity index (χ1n) is 5.86. The Hall–Kier alpha value is -1.22. The normalized spacial score (nSPS) is 9.84. The fraction of sp³-hybridized carbons (Fsp3) is 0.200. The molecule has 0 aromatic heterocycles. The molecule has 0 bridgehead atoms. The molecule has 0 fully saturated rings. The molecule has 0 unspecified atom stereocenters. The van der Waals surface area contributed by atoms with Gasteiger partial charge < -0.3 is 10.5 Å². The first-order chi connectivity index (χ1) is 8.70. The first-order valence-corrected chi connectivity index (χ1v) is 6.24. The molecule has 0 radical (unpaired) electrons. The zero-order chi connectivity index (χ0) is 13.0. The Morgan fingerprint density at radius 1 is 1.11 bits per heavy atom. The van der Waals surface area contributed by atoms with Crippen LogP contribution in [-0.2, 0) is 13.2 Å². The maximum Gasteiger partial charge on any atom is 0.124 e. The summed E-state index contributed by atoms with van der Waals surface area (Å²) in [6.45, 7) is 3.04. The highest BCUT2D eigenvalue weighted by Crippen LogP contribution is 2.23. The molecule has 0 atom stereocenters. The predicted molar refractivity (Wildman–Crippen MR) is 82.1 cm³/mol. The van der Waals surface area contributed by atoms with Crippen LogP contribution < -0.4 is 10.5 Å². The molecule has 2 aromatic rings. The quantitative estimate of drug-likeness (QED) is 0.922. The van der Waals surface area contributed by atoms with E-state index in [-0.39, 0.29) is 12.4 Å². The molecule has 2 rings (SSSR count). The zero-order valence-electron chi connectivity index (χ0n) is 10.7. The van der Waals surface area contributed by atoms with Gasteiger partial charge in [-0.3, -0.25) is 0 Å². The van der Waals surface area contributed by atoms with Crippen molar-refractivity contribution in [1.82, 2.24) is 0 Å². The van der Waals surface area contributed by atoms with Crippen molar-refractivity contribution in [1.29, 1.82) is 0 Å². The molecule has 2 nitrogen and oxygen atoms in total. The van der Waals surface area contributed by atoms with E-state index in [1.807, 2.05) is 30.3 Å². The summed E-state index contributed by atoms with van der Waals surface area (Å²) >= 11 is 5.93. The van der Waals surface area contributed by atoms with Gasteiger partial charge >= 0.3 is 0 Å². The van der Waals surface area contributed by atoms with Crippen molar-refractivity contribution in [2.75, 3.05) is 0 Å². The van der Waals surface area contributed by atoms with Crippen molar-refractivity contribution in [3.63, 3.8) is 0 Å². The van der Waals surface area contributed by atoms with Gasteiger partial charge in [-0.15, -0.1) is 12.4 Å². The fourth-order valence-corrected chi connectivity index (χ4v) is 1.97. The van der Waals surface area contributed by atoms with E-state index in [2.05, 4.69) is 19.1 Å². The minimum atomic E-state index is 0. The van der Waals surface area contributed by atoms with Crippen molar-refractivity contribution >= 4 is 24.0 Å². The molecular formula is C15H17Cl2NO. The Bertz CT molecular complexity index is 543. The standard InChI is InChI=1S/C15H16ClNO.ClH/c1-11-4-2-3-5-12(11)10-18-15-7-6-14(16)8-13(15)9-17;/h2-8H,9-10,17H2,1H3;1H. The summed E-state index contributed by atoms with van der Waals surface area (Å²) in [7, 11) is 0. The van der Waals surface area contributed by atoms with E-state index in [0.29, 0.717) is 18.2 Å². The molecule has 2 aromatic carbocycles. The van der Waals surface area contributed by atoms with E-state index in [4.69, 9.17) is 22.1 Å². The minimum absolute atomic E-state index is 0. The van der Waals surface area contributed by atoms with Gasteiger partial charge in [0, 0.05) is 17.1 Å². The second-order valence-electron chi connectivity index (χ2n) is 4.17. The van der Waals surface area contributed by atoms with Crippen LogP contribution in [-0.4, -0.2) is 0 Å². The number of aryl methyl sites for hydroxylation is 1. The summed E-state index contributed by atoms with van der Waals surface area (Å²) in [5.41, 5.74) is 9.01. The van der Waals surface area contributed by atoms with Crippen molar-refractivity contribution in [3.05, 3.63) is 64.2 Å². The summed E-state index contributed by atoms with van der Waals surface area (Å²) in [6.07, 6.45) is 0. The molecule has 0 saturated heterocycles. The van der Waals surface area contributed by atoms with Gasteiger partial charge in [0.1, 0.15) is 12.4 Å². The molecule has 19 heavy (non-hydrogen) atoms. The average Bonchev–Trinajstić information content (AvgIpc) is 2.39. The number of rotatable bonds is 4. The van der Waals surface area contributed by atoms with Gasteiger partial charge in [-0.2, -0.15) is 0 Å². The lowest BCUT2D eigenvalue weighted by Crippen LogP contribution is -2.03. The monoisotopic (exact) mass is 297 g/mol. The highest BCUT2D eigenvalue weighted by Gasteiger charge is 2.04. The molecule has 4 heteroatoms. The second-order valence-corrected chi connectivity index (χ2v) is 4.61. The molecular weight excluding hydrogens is 281 g/mol. The molecule has 102 valence electrons. The Labute approximate surface area is 124 Å². The number of nitrogens with two attached hydrogens (primary N) is 1. The number of hydrogen-bond donors (Lipinski definition) is 1. The van der Waals surface area contributed by atoms with E-state index in [9.17, 15) is 0 Å². The molecule has 0 aliphatic carbocycles. The highest BCUT2D eigenvalue weighted by atomic mass is 35.5. The Balaban J connectivity index is 0.00000180. The highest BCUT2D eigenvalue weighted by molar-refractivity contribution is 6.30. The Morgan fingerprint density at radius 2 is 1.84 bits per heavy atom. The van der Waals surface area contributed by atoms with Gasteiger partial charge in [0.15, 0.2) is 0 Å². The van der Waals surface area contributed by atoms with E-state index < -0.39 is 0 Å². The smallest absolute Gasteiger partial charge is 0.124 e. The molecule has 0 spiro atoms. The topological polar surface area (TPSA) is 35.2 Å². The van der Waals surface area contributed by atoms with Gasteiger partial charge in [0.2, 0.25) is 0 Å². The SMILES string of the molecule is Cc1ccccc1COc1ccc(Cl)cc1CN.Cl. The third kappa shape index (κ3) is 4.13. The van der Waals surface area contributed by atoms with Crippen LogP contribution in [0.4, 0.5) is 0 Å². The molecule has 0 saturated carbocycles. The lowest BCUT2D eigenvalue weighted by molar-refractivity contribution is 0.302. The van der Waals surface area contributed by atoms with Crippen molar-refractivity contribution < 1.29 is 4.74 Å². The molecule has 0 heterocycles. The Morgan fingerprint density at radius 3 is 2.53 bits per heavy atom. The summed E-state index contributed by atoms with van der Waals surface area (Å²) in [5.74, 6) is 0.796. The van der Waals surface area contributed by atoms with Gasteiger partial charge in [0.25, 0.3) is 0 Å². The van der Waals surface area contributed by atoms with Crippen LogP contribution in [0.3, 0.4) is 0 Å². The van der Waals surface area contributed by atoms with Gasteiger partial charge in [-0.25, -0.2) is 0 Å². The number of benzene rings is 2. The zero-order valence-corrected chi connectivity index (χ0v) is 12.3. The van der Waals surface area contributed by atoms with Crippen LogP contribution in [0.25, 0.3) is 0 Å². The minimum Gasteiger partial charge on any atom is -0.489 e. The molecule has 0 aliphatic rings. The van der Waals surface area contributed by atoms with Crippen molar-refractivity contribution in [2.45, 2.75) is 20.1 Å². The van der Waals surface area contributed by atoms with Crippen LogP contribution >= 0.6 is 24.0 Å². The van der Waals surface area contributed by atoms with Crippen LogP contribution in [0.2, 0.25) is 5.02 Å². The van der Waals surface area contributed by atoms with E-state index >= 15 is 0 Å². The van der Waals surface area contributed by atoms with Crippen LogP contribution in [0.15, 0.2) is 42.5 Å². The van der Waals surface area contributed by atoms with Crippen LogP contribution in [0, 0.1) is 6.92 Å². The lowest BCUT2D eigenvalue weighted by Gasteiger charge is -2.12. The summed E-state index contributed by atoms with van der Waals surface area (Å²) in [6, 6.07) is 13.7. The fourth-order valence-electron chi connectivity index (χ4n) is 1.78. The average molecular weight is 298 g/mol. The summed E-state index contributed by atoms with van der Waals surface area (Å²) in [4.78, 5) is 0. The number of hydrogen-bond acceptors (Lipinski definition) is 2. The van der Waals surface area contributed by atoms with Gasteiger partial charge in [-0.1, -0.05) is 35.9 Å². The van der Waals surface area contributed by atoms with Gasteiger partial charge in [0.05, 0.1) is 0 Å². The van der Waals surface area contributed by atoms with Crippen molar-refractivity contribution in [2.24, 2.45) is 5.73 Å². The number of halogens is 2. The van der Waals surface area contributed by atoms with E-state index in [1.165, 1.54) is 11.1 Å². The molecule has 2 N–H and O–H groups in total. The first kappa shape index (κ1) is 15.8. The number of ether oxygens (including phenoxy) is 1. The summed E-state index contributed by atoms with van der Waals surface area (Å²) in [5, 5.41) is 0.679. The second kappa shape index (κ2) is 7.39. The lowest BCUT2D eigenvalue weighted by atomic mass is 10.1. The third-order valence-electron chi connectivity index (χ3n) is 2.89. The molecule has 0 amide bonds. The third-order valence-corrected chi connectivity index (χ3v) is 3.12. The van der Waals surface area contributed by atoms with E-state index in [0.717, 1.165) is 11.3 Å². The van der Waals surface area contributed by atoms with E-state index in [1.54, 1.807) is 0 Å². The maximum atomic E-state index is 5.93. The summed E-state index contributed by atoms with van der Waals surface area (Å²) < 4.78 is 5.81.